The molecule has 1 N–H and O–H groups in total. The molecule has 0 heterocycles. The molecule has 0 unspecified atom stereocenters. The van der Waals surface area contributed by atoms with Gasteiger partial charge < -0.3 is 15.0 Å². The number of nitrogens with zero attached hydrogens (tertiary/aromatic N) is 1. The normalized spacial score (nSPS) is 11.2. The first-order chi connectivity index (χ1) is 12.7. The molecule has 0 aliphatic carbocycles. The van der Waals surface area contributed by atoms with Crippen LogP contribution in [0.2, 0.25) is 0 Å². The lowest BCUT2D eigenvalue weighted by atomic mass is 10.1. The molecule has 27 heavy (non-hydrogen) atoms. The van der Waals surface area contributed by atoms with Crippen LogP contribution in [0.15, 0.2) is 42.5 Å². The highest BCUT2D eigenvalue weighted by Crippen LogP contribution is 2.37. The maximum absolute atomic E-state index is 13.4. The number of nitrogens with one attached hydrogen (secondary N) is 1. The summed E-state index contributed by atoms with van der Waals surface area (Å²) in [5.74, 6) is 0.00419. The molecule has 0 saturated carbocycles. The van der Waals surface area contributed by atoms with Gasteiger partial charge in [0.1, 0.15) is 5.75 Å². The first kappa shape index (κ1) is 20.6. The van der Waals surface area contributed by atoms with E-state index in [1.165, 1.54) is 24.3 Å². The minimum absolute atomic E-state index is 0.252. The van der Waals surface area contributed by atoms with E-state index in [9.17, 15) is 18.0 Å². The molecule has 0 aliphatic heterocycles. The monoisotopic (exact) mass is 380 g/mol. The van der Waals surface area contributed by atoms with Crippen molar-refractivity contribution in [3.63, 3.8) is 0 Å². The molecule has 2 aromatic rings. The number of amides is 1. The van der Waals surface area contributed by atoms with E-state index in [4.69, 9.17) is 4.74 Å². The van der Waals surface area contributed by atoms with Crippen molar-refractivity contribution < 1.29 is 22.7 Å². The summed E-state index contributed by atoms with van der Waals surface area (Å²) in [5.41, 5.74) is -0.514. The summed E-state index contributed by atoms with van der Waals surface area (Å²) in [4.78, 5) is 13.9. The van der Waals surface area contributed by atoms with E-state index in [2.05, 4.69) is 12.2 Å². The molecule has 0 aromatic heterocycles. The molecule has 0 spiro atoms. The summed E-state index contributed by atoms with van der Waals surface area (Å²) in [6.45, 7) is 2.63. The first-order valence-electron chi connectivity index (χ1n) is 8.65. The first-order valence-corrected chi connectivity index (χ1v) is 8.65. The van der Waals surface area contributed by atoms with Crippen LogP contribution in [0.3, 0.4) is 0 Å². The smallest absolute Gasteiger partial charge is 0.418 e. The Bertz CT molecular complexity index is 772. The summed E-state index contributed by atoms with van der Waals surface area (Å²) in [7, 11) is 3.30. The average molecular weight is 380 g/mol. The Morgan fingerprint density at radius 3 is 2.33 bits per heavy atom. The van der Waals surface area contributed by atoms with Gasteiger partial charge in [0.25, 0.3) is 5.91 Å². The van der Waals surface area contributed by atoms with Crippen molar-refractivity contribution in [2.75, 3.05) is 30.9 Å². The van der Waals surface area contributed by atoms with Crippen LogP contribution in [-0.4, -0.2) is 26.6 Å². The van der Waals surface area contributed by atoms with E-state index in [0.717, 1.165) is 18.9 Å². The maximum atomic E-state index is 13.4. The zero-order valence-corrected chi connectivity index (χ0v) is 15.6. The molecule has 0 aliphatic rings. The lowest BCUT2D eigenvalue weighted by molar-refractivity contribution is -0.136. The zero-order chi connectivity index (χ0) is 20.0. The predicted molar refractivity (Wildman–Crippen MR) is 101 cm³/mol. The highest BCUT2D eigenvalue weighted by Gasteiger charge is 2.34. The minimum Gasteiger partial charge on any atom is -0.494 e. The van der Waals surface area contributed by atoms with E-state index in [0.29, 0.717) is 18.0 Å². The van der Waals surface area contributed by atoms with Gasteiger partial charge in [0.2, 0.25) is 0 Å². The van der Waals surface area contributed by atoms with Crippen molar-refractivity contribution in [1.82, 2.24) is 0 Å². The quantitative estimate of drug-likeness (QED) is 0.671. The fraction of sp³-hybridized carbons (Fsp3) is 0.350. The SMILES string of the molecule is CCCCOc1ccc(C(=O)Nc2ccc(N(C)C)cc2C(F)(F)F)cc1. The van der Waals surface area contributed by atoms with Crippen LogP contribution < -0.4 is 15.0 Å². The Balaban J connectivity index is 2.17. The molecular weight excluding hydrogens is 357 g/mol. The Morgan fingerprint density at radius 2 is 1.78 bits per heavy atom. The molecule has 2 rings (SSSR count). The number of benzene rings is 2. The third kappa shape index (κ3) is 5.64. The highest BCUT2D eigenvalue weighted by molar-refractivity contribution is 6.04. The summed E-state index contributed by atoms with van der Waals surface area (Å²) >= 11 is 0. The molecule has 0 atom stereocenters. The van der Waals surface area contributed by atoms with Crippen molar-refractivity contribution in [1.29, 1.82) is 0 Å². The van der Waals surface area contributed by atoms with Gasteiger partial charge in [0.05, 0.1) is 17.9 Å². The van der Waals surface area contributed by atoms with Gasteiger partial charge in [0, 0.05) is 25.3 Å². The summed E-state index contributed by atoms with van der Waals surface area (Å²) in [6, 6.07) is 10.1. The molecule has 0 fully saturated rings. The Labute approximate surface area is 156 Å². The van der Waals surface area contributed by atoms with Gasteiger partial charge in [-0.25, -0.2) is 0 Å². The molecule has 1 amide bonds. The molecule has 146 valence electrons. The van der Waals surface area contributed by atoms with E-state index < -0.39 is 17.6 Å². The van der Waals surface area contributed by atoms with Crippen molar-refractivity contribution in [3.05, 3.63) is 53.6 Å². The molecule has 0 bridgehead atoms. The second-order valence-corrected chi connectivity index (χ2v) is 6.30. The molecule has 4 nitrogen and oxygen atoms in total. The van der Waals surface area contributed by atoms with Gasteiger partial charge in [-0.2, -0.15) is 13.2 Å². The number of unbranched alkanes of at least 4 members (excludes halogenated alkanes) is 1. The minimum atomic E-state index is -4.58. The summed E-state index contributed by atoms with van der Waals surface area (Å²) < 4.78 is 45.6. The lowest BCUT2D eigenvalue weighted by Crippen LogP contribution is -2.18. The van der Waals surface area contributed by atoms with E-state index >= 15 is 0 Å². The number of rotatable bonds is 7. The second-order valence-electron chi connectivity index (χ2n) is 6.30. The lowest BCUT2D eigenvalue weighted by Gasteiger charge is -2.18. The molecular formula is C20H23F3N2O2. The number of alkyl halides is 3. The fourth-order valence-corrected chi connectivity index (χ4v) is 2.39. The third-order valence-corrected chi connectivity index (χ3v) is 3.96. The number of hydrogen-bond donors (Lipinski definition) is 1. The van der Waals surface area contributed by atoms with Gasteiger partial charge in [-0.3, -0.25) is 4.79 Å². The molecule has 2 aromatic carbocycles. The van der Waals surface area contributed by atoms with Crippen LogP contribution >= 0.6 is 0 Å². The van der Waals surface area contributed by atoms with Gasteiger partial charge in [-0.15, -0.1) is 0 Å². The van der Waals surface area contributed by atoms with Crippen molar-refractivity contribution in [3.8, 4) is 5.75 Å². The van der Waals surface area contributed by atoms with Gasteiger partial charge in [-0.1, -0.05) is 13.3 Å². The van der Waals surface area contributed by atoms with Crippen LogP contribution in [0.1, 0.15) is 35.7 Å². The predicted octanol–water partition coefficient (Wildman–Crippen LogP) is 5.20. The summed E-state index contributed by atoms with van der Waals surface area (Å²) in [6.07, 6.45) is -2.65. The van der Waals surface area contributed by atoms with Crippen molar-refractivity contribution >= 4 is 17.3 Å². The topological polar surface area (TPSA) is 41.6 Å². The van der Waals surface area contributed by atoms with E-state index in [1.54, 1.807) is 31.1 Å². The van der Waals surface area contributed by atoms with E-state index in [1.807, 2.05) is 0 Å². The Kier molecular flexibility index (Phi) is 6.71. The molecule has 0 radical (unpaired) electrons. The Hall–Kier alpha value is -2.70. The number of hydrogen-bond acceptors (Lipinski definition) is 3. The number of halogens is 3. The molecule has 7 heteroatoms. The number of anilines is 2. The van der Waals surface area contributed by atoms with Crippen molar-refractivity contribution in [2.45, 2.75) is 25.9 Å². The summed E-state index contributed by atoms with van der Waals surface area (Å²) in [5, 5.41) is 2.35. The van der Waals surface area contributed by atoms with Crippen LogP contribution in [0, 0.1) is 0 Å². The number of carbonyl (C=O) groups excluding carboxylic acids is 1. The average Bonchev–Trinajstić information content (AvgIpc) is 2.61. The van der Waals surface area contributed by atoms with Crippen LogP contribution in [0.5, 0.6) is 5.75 Å². The Morgan fingerprint density at radius 1 is 1.11 bits per heavy atom. The van der Waals surface area contributed by atoms with Crippen LogP contribution in [0.4, 0.5) is 24.5 Å². The van der Waals surface area contributed by atoms with Crippen molar-refractivity contribution in [2.24, 2.45) is 0 Å². The zero-order valence-electron chi connectivity index (χ0n) is 15.6. The standard InChI is InChI=1S/C20H23F3N2O2/c1-4-5-12-27-16-9-6-14(7-10-16)19(26)24-18-11-8-15(25(2)3)13-17(18)20(21,22)23/h6-11,13H,4-5,12H2,1-3H3,(H,24,26). The second kappa shape index (κ2) is 8.79. The third-order valence-electron chi connectivity index (χ3n) is 3.96. The molecule has 0 saturated heterocycles. The van der Waals surface area contributed by atoms with Crippen LogP contribution in [0.25, 0.3) is 0 Å². The maximum Gasteiger partial charge on any atom is 0.418 e. The highest BCUT2D eigenvalue weighted by atomic mass is 19.4. The van der Waals surface area contributed by atoms with E-state index in [-0.39, 0.29) is 11.3 Å². The fourth-order valence-electron chi connectivity index (χ4n) is 2.39. The van der Waals surface area contributed by atoms with Gasteiger partial charge >= 0.3 is 6.18 Å². The van der Waals surface area contributed by atoms with Crippen LogP contribution in [-0.2, 0) is 6.18 Å². The number of carbonyl (C=O) groups is 1. The van der Waals surface area contributed by atoms with Gasteiger partial charge in [-0.05, 0) is 48.9 Å². The van der Waals surface area contributed by atoms with Gasteiger partial charge in [0.15, 0.2) is 0 Å². The number of ether oxygens (including phenoxy) is 1. The largest absolute Gasteiger partial charge is 0.494 e.